The molecular formula is C28H37F3N4O2. The molecule has 4 rings (SSSR count). The summed E-state index contributed by atoms with van der Waals surface area (Å²) in [6.45, 7) is 7.84. The van der Waals surface area contributed by atoms with Crippen molar-refractivity contribution >= 4 is 17.4 Å². The lowest BCUT2D eigenvalue weighted by atomic mass is 9.96. The van der Waals surface area contributed by atoms with E-state index in [2.05, 4.69) is 27.7 Å². The molecule has 2 aliphatic rings. The standard InChI is InChI=1S/C28H37F3N4O2/c1-3-37-25-8-6-24(7-9-25)34-14-10-21(11-15-34)19-32-27(36)35-16-12-22(13-17-35)33-23-5-4-20(2)26(18-23)28(29,30)31/h4-9,18,21-22,33H,3,10-17,19H2,1-2H3,(H,32,36). The quantitative estimate of drug-likeness (QED) is 0.478. The van der Waals surface area contributed by atoms with Crippen LogP contribution in [-0.2, 0) is 6.18 Å². The van der Waals surface area contributed by atoms with E-state index in [1.807, 2.05) is 24.0 Å². The van der Waals surface area contributed by atoms with Crippen LogP contribution in [0.25, 0.3) is 0 Å². The van der Waals surface area contributed by atoms with Gasteiger partial charge in [0.15, 0.2) is 0 Å². The minimum absolute atomic E-state index is 0.0415. The van der Waals surface area contributed by atoms with Crippen molar-refractivity contribution < 1.29 is 22.7 Å². The van der Waals surface area contributed by atoms with Crippen LogP contribution in [0.3, 0.4) is 0 Å². The highest BCUT2D eigenvalue weighted by Crippen LogP contribution is 2.34. The van der Waals surface area contributed by atoms with Gasteiger partial charge in [-0.25, -0.2) is 4.79 Å². The molecule has 37 heavy (non-hydrogen) atoms. The second-order valence-electron chi connectivity index (χ2n) is 9.98. The van der Waals surface area contributed by atoms with E-state index in [4.69, 9.17) is 4.74 Å². The highest BCUT2D eigenvalue weighted by Gasteiger charge is 2.33. The largest absolute Gasteiger partial charge is 0.494 e. The molecule has 0 saturated carbocycles. The van der Waals surface area contributed by atoms with Gasteiger partial charge in [-0.05, 0) is 87.4 Å². The minimum atomic E-state index is -4.37. The number of hydrogen-bond acceptors (Lipinski definition) is 4. The third-order valence-corrected chi connectivity index (χ3v) is 7.37. The maximum Gasteiger partial charge on any atom is 0.416 e. The smallest absolute Gasteiger partial charge is 0.416 e. The van der Waals surface area contributed by atoms with Crippen molar-refractivity contribution in [2.24, 2.45) is 5.92 Å². The van der Waals surface area contributed by atoms with Crippen LogP contribution in [0.5, 0.6) is 5.75 Å². The topological polar surface area (TPSA) is 56.8 Å². The zero-order valence-corrected chi connectivity index (χ0v) is 21.6. The third kappa shape index (κ3) is 7.23. The van der Waals surface area contributed by atoms with Crippen LogP contribution in [0.15, 0.2) is 42.5 Å². The second kappa shape index (κ2) is 12.0. The Hall–Kier alpha value is -3.10. The van der Waals surface area contributed by atoms with E-state index in [0.717, 1.165) is 31.7 Å². The molecule has 0 radical (unpaired) electrons. The number of piperidine rings is 2. The Kier molecular flexibility index (Phi) is 8.71. The van der Waals surface area contributed by atoms with Crippen LogP contribution in [0.2, 0.25) is 0 Å². The summed E-state index contributed by atoms with van der Waals surface area (Å²) in [5.41, 5.74) is 1.27. The lowest BCUT2D eigenvalue weighted by molar-refractivity contribution is -0.138. The molecule has 2 aliphatic heterocycles. The number of ether oxygens (including phenoxy) is 1. The van der Waals surface area contributed by atoms with Crippen LogP contribution < -0.4 is 20.3 Å². The summed E-state index contributed by atoms with van der Waals surface area (Å²) < 4.78 is 45.1. The number of nitrogens with zero attached hydrogens (tertiary/aromatic N) is 2. The maximum absolute atomic E-state index is 13.2. The van der Waals surface area contributed by atoms with Gasteiger partial charge in [0.2, 0.25) is 0 Å². The Balaban J connectivity index is 1.17. The Morgan fingerprint density at radius 2 is 1.68 bits per heavy atom. The average molecular weight is 519 g/mol. The highest BCUT2D eigenvalue weighted by molar-refractivity contribution is 5.74. The van der Waals surface area contributed by atoms with Gasteiger partial charge < -0.3 is 25.2 Å². The molecule has 2 N–H and O–H groups in total. The summed E-state index contributed by atoms with van der Waals surface area (Å²) in [5.74, 6) is 1.33. The van der Waals surface area contributed by atoms with Gasteiger partial charge >= 0.3 is 12.2 Å². The van der Waals surface area contributed by atoms with Crippen molar-refractivity contribution in [3.05, 3.63) is 53.6 Å². The van der Waals surface area contributed by atoms with Crippen molar-refractivity contribution in [3.63, 3.8) is 0 Å². The van der Waals surface area contributed by atoms with Gasteiger partial charge in [-0.2, -0.15) is 13.2 Å². The Labute approximate surface area is 217 Å². The van der Waals surface area contributed by atoms with E-state index in [1.54, 1.807) is 6.07 Å². The number of rotatable bonds is 7. The zero-order chi connectivity index (χ0) is 26.4. The first kappa shape index (κ1) is 26.9. The molecule has 2 amide bonds. The monoisotopic (exact) mass is 518 g/mol. The lowest BCUT2D eigenvalue weighted by Gasteiger charge is -2.35. The Bertz CT molecular complexity index is 1030. The number of urea groups is 1. The number of benzene rings is 2. The molecule has 0 unspecified atom stereocenters. The molecule has 2 saturated heterocycles. The van der Waals surface area contributed by atoms with Crippen molar-refractivity contribution in [1.82, 2.24) is 10.2 Å². The molecule has 0 bridgehead atoms. The molecule has 0 aliphatic carbocycles. The van der Waals surface area contributed by atoms with Crippen molar-refractivity contribution in [3.8, 4) is 5.75 Å². The van der Waals surface area contributed by atoms with Crippen molar-refractivity contribution in [2.45, 2.75) is 51.7 Å². The molecule has 2 aromatic carbocycles. The van der Waals surface area contributed by atoms with Gasteiger partial charge in [-0.1, -0.05) is 6.07 Å². The second-order valence-corrected chi connectivity index (χ2v) is 9.98. The number of aryl methyl sites for hydroxylation is 1. The fourth-order valence-corrected chi connectivity index (χ4v) is 5.14. The van der Waals surface area contributed by atoms with Gasteiger partial charge in [0.05, 0.1) is 12.2 Å². The number of amides is 2. The number of nitrogens with one attached hydrogen (secondary N) is 2. The molecule has 0 aromatic heterocycles. The SMILES string of the molecule is CCOc1ccc(N2CCC(CNC(=O)N3CCC(Nc4ccc(C)c(C(F)(F)F)c4)CC3)CC2)cc1. The number of carbonyl (C=O) groups is 1. The van der Waals surface area contributed by atoms with Crippen molar-refractivity contribution in [1.29, 1.82) is 0 Å². The Morgan fingerprint density at radius 3 is 2.30 bits per heavy atom. The van der Waals surface area contributed by atoms with E-state index < -0.39 is 11.7 Å². The highest BCUT2D eigenvalue weighted by atomic mass is 19.4. The van der Waals surface area contributed by atoms with Crippen LogP contribution in [0, 0.1) is 12.8 Å². The minimum Gasteiger partial charge on any atom is -0.494 e. The molecular weight excluding hydrogens is 481 g/mol. The summed E-state index contributed by atoms with van der Waals surface area (Å²) in [5, 5.41) is 6.32. The molecule has 2 aromatic rings. The molecule has 0 spiro atoms. The number of hydrogen-bond donors (Lipinski definition) is 2. The van der Waals surface area contributed by atoms with E-state index in [9.17, 15) is 18.0 Å². The Morgan fingerprint density at radius 1 is 1.00 bits per heavy atom. The number of carbonyl (C=O) groups excluding carboxylic acids is 1. The summed E-state index contributed by atoms with van der Waals surface area (Å²) >= 11 is 0. The molecule has 6 nitrogen and oxygen atoms in total. The van der Waals surface area contributed by atoms with Crippen LogP contribution in [0.4, 0.5) is 29.3 Å². The van der Waals surface area contributed by atoms with E-state index in [0.29, 0.717) is 50.7 Å². The lowest BCUT2D eigenvalue weighted by Crippen LogP contribution is -2.48. The first-order valence-corrected chi connectivity index (χ1v) is 13.2. The van der Waals surface area contributed by atoms with Gasteiger partial charge in [-0.15, -0.1) is 0 Å². The van der Waals surface area contributed by atoms with Gasteiger partial charge in [-0.3, -0.25) is 0 Å². The number of likely N-dealkylation sites (tertiary alicyclic amines) is 1. The predicted octanol–water partition coefficient (Wildman–Crippen LogP) is 5.92. The number of alkyl halides is 3. The van der Waals surface area contributed by atoms with E-state index >= 15 is 0 Å². The van der Waals surface area contributed by atoms with E-state index in [-0.39, 0.29) is 17.6 Å². The van der Waals surface area contributed by atoms with Crippen molar-refractivity contribution in [2.75, 3.05) is 49.5 Å². The van der Waals surface area contributed by atoms with Gasteiger partial charge in [0.1, 0.15) is 5.75 Å². The summed E-state index contributed by atoms with van der Waals surface area (Å²) in [4.78, 5) is 16.9. The summed E-state index contributed by atoms with van der Waals surface area (Å²) in [6.07, 6.45) is -0.923. The summed E-state index contributed by atoms with van der Waals surface area (Å²) in [7, 11) is 0. The summed E-state index contributed by atoms with van der Waals surface area (Å²) in [6, 6.07) is 12.5. The van der Waals surface area contributed by atoms with E-state index in [1.165, 1.54) is 24.7 Å². The maximum atomic E-state index is 13.2. The number of anilines is 2. The zero-order valence-electron chi connectivity index (χ0n) is 21.6. The molecule has 2 heterocycles. The normalized spacial score (nSPS) is 17.5. The van der Waals surface area contributed by atoms with Gasteiger partial charge in [0.25, 0.3) is 0 Å². The number of halogens is 3. The average Bonchev–Trinajstić information content (AvgIpc) is 2.89. The molecule has 0 atom stereocenters. The van der Waals surface area contributed by atoms with Gasteiger partial charge in [0, 0.05) is 50.1 Å². The molecule has 9 heteroatoms. The fourth-order valence-electron chi connectivity index (χ4n) is 5.14. The van der Waals surface area contributed by atoms with Crippen LogP contribution in [0.1, 0.15) is 43.7 Å². The fraction of sp³-hybridized carbons (Fsp3) is 0.536. The first-order valence-electron chi connectivity index (χ1n) is 13.2. The predicted molar refractivity (Wildman–Crippen MR) is 140 cm³/mol. The third-order valence-electron chi connectivity index (χ3n) is 7.37. The first-order chi connectivity index (χ1) is 17.7. The molecule has 202 valence electrons. The van der Waals surface area contributed by atoms with Crippen LogP contribution in [-0.4, -0.2) is 56.3 Å². The molecule has 2 fully saturated rings. The van der Waals surface area contributed by atoms with Crippen LogP contribution >= 0.6 is 0 Å².